The van der Waals surface area contributed by atoms with E-state index in [2.05, 4.69) is 53.5 Å². The zero-order chi connectivity index (χ0) is 15.1. The van der Waals surface area contributed by atoms with Crippen LogP contribution >= 0.6 is 0 Å². The molecule has 4 heteroatoms. The highest BCUT2D eigenvalue weighted by molar-refractivity contribution is 5.46. The molecule has 1 aromatic carbocycles. The van der Waals surface area contributed by atoms with E-state index >= 15 is 0 Å². The Morgan fingerprint density at radius 1 is 1.33 bits per heavy atom. The smallest absolute Gasteiger partial charge is 0.0587 e. The number of nitrogens with zero attached hydrogens (tertiary/aromatic N) is 2. The van der Waals surface area contributed by atoms with Crippen LogP contribution in [0.2, 0.25) is 0 Å². The lowest BCUT2D eigenvalue weighted by atomic mass is 10.1. The Balaban J connectivity index is 1.78. The Labute approximate surface area is 129 Å². The van der Waals surface area contributed by atoms with Crippen LogP contribution in [0.1, 0.15) is 12.0 Å². The monoisotopic (exact) mass is 291 g/mol. The average Bonchev–Trinajstić information content (AvgIpc) is 2.89. The molecule has 1 aliphatic rings. The van der Waals surface area contributed by atoms with Crippen molar-refractivity contribution in [2.45, 2.75) is 13.0 Å². The quantitative estimate of drug-likeness (QED) is 0.739. The van der Waals surface area contributed by atoms with Gasteiger partial charge < -0.3 is 19.9 Å². The summed E-state index contributed by atoms with van der Waals surface area (Å²) >= 11 is 0. The number of hydrogen-bond donors (Lipinski definition) is 1. The second-order valence-corrected chi connectivity index (χ2v) is 6.13. The molecule has 21 heavy (non-hydrogen) atoms. The molecule has 1 unspecified atom stereocenters. The van der Waals surface area contributed by atoms with Crippen LogP contribution in [0.4, 0.5) is 5.69 Å². The van der Waals surface area contributed by atoms with Crippen LogP contribution in [-0.2, 0) is 11.3 Å². The van der Waals surface area contributed by atoms with E-state index < -0.39 is 0 Å². The Bertz CT molecular complexity index is 407. The normalized spacial score (nSPS) is 19.1. The molecule has 0 bridgehead atoms. The Morgan fingerprint density at radius 2 is 2.10 bits per heavy atom. The number of likely N-dealkylation sites (tertiary alicyclic amines) is 1. The summed E-state index contributed by atoms with van der Waals surface area (Å²) < 4.78 is 5.03. The van der Waals surface area contributed by atoms with Gasteiger partial charge in [0.1, 0.15) is 0 Å². The summed E-state index contributed by atoms with van der Waals surface area (Å²) in [6.45, 7) is 6.18. The molecule has 1 aliphatic heterocycles. The van der Waals surface area contributed by atoms with Gasteiger partial charge in [-0.15, -0.1) is 0 Å². The SMILES string of the molecule is COCCNCc1ccc(N(C)CC2CCN(C)C2)cc1. The van der Waals surface area contributed by atoms with Crippen molar-refractivity contribution in [2.75, 3.05) is 58.9 Å². The zero-order valence-corrected chi connectivity index (χ0v) is 13.6. The largest absolute Gasteiger partial charge is 0.383 e. The lowest BCUT2D eigenvalue weighted by Crippen LogP contribution is -2.27. The molecular formula is C17H29N3O. The lowest BCUT2D eigenvalue weighted by molar-refractivity contribution is 0.199. The van der Waals surface area contributed by atoms with Gasteiger partial charge in [0.2, 0.25) is 0 Å². The molecule has 0 spiro atoms. The third-order valence-corrected chi connectivity index (χ3v) is 4.21. The highest BCUT2D eigenvalue weighted by Gasteiger charge is 2.20. The maximum Gasteiger partial charge on any atom is 0.0587 e. The molecule has 1 saturated heterocycles. The first-order chi connectivity index (χ1) is 10.2. The standard InChI is InChI=1S/C17H29N3O/c1-19-10-8-16(13-19)14-20(2)17-6-4-15(5-7-17)12-18-9-11-21-3/h4-7,16,18H,8-14H2,1-3H3. The van der Waals surface area contributed by atoms with Crippen LogP contribution in [-0.4, -0.2) is 58.9 Å². The van der Waals surface area contributed by atoms with Gasteiger partial charge in [0.05, 0.1) is 6.61 Å². The highest BCUT2D eigenvalue weighted by Crippen LogP contribution is 2.20. The van der Waals surface area contributed by atoms with Gasteiger partial charge in [-0.3, -0.25) is 0 Å². The fourth-order valence-electron chi connectivity index (χ4n) is 2.94. The van der Waals surface area contributed by atoms with Gasteiger partial charge in [0.25, 0.3) is 0 Å². The first-order valence-corrected chi connectivity index (χ1v) is 7.87. The van der Waals surface area contributed by atoms with E-state index in [4.69, 9.17) is 4.74 Å². The van der Waals surface area contributed by atoms with Crippen molar-refractivity contribution in [2.24, 2.45) is 5.92 Å². The molecule has 0 saturated carbocycles. The van der Waals surface area contributed by atoms with Crippen LogP contribution in [0.3, 0.4) is 0 Å². The fraction of sp³-hybridized carbons (Fsp3) is 0.647. The van der Waals surface area contributed by atoms with Crippen molar-refractivity contribution in [1.29, 1.82) is 0 Å². The summed E-state index contributed by atoms with van der Waals surface area (Å²) in [5.74, 6) is 0.801. The number of ether oxygens (including phenoxy) is 1. The topological polar surface area (TPSA) is 27.7 Å². The molecule has 2 rings (SSSR count). The van der Waals surface area contributed by atoms with Crippen LogP contribution < -0.4 is 10.2 Å². The Morgan fingerprint density at radius 3 is 2.71 bits per heavy atom. The van der Waals surface area contributed by atoms with E-state index in [1.807, 2.05) is 0 Å². The lowest BCUT2D eigenvalue weighted by Gasteiger charge is -2.23. The number of methoxy groups -OCH3 is 1. The summed E-state index contributed by atoms with van der Waals surface area (Å²) in [5.41, 5.74) is 2.63. The molecule has 1 aromatic rings. The predicted octanol–water partition coefficient (Wildman–Crippen LogP) is 1.81. The van der Waals surface area contributed by atoms with Crippen LogP contribution in [0.15, 0.2) is 24.3 Å². The third kappa shape index (κ3) is 5.30. The minimum atomic E-state index is 0.761. The maximum absolute atomic E-state index is 5.03. The fourth-order valence-corrected chi connectivity index (χ4v) is 2.94. The van der Waals surface area contributed by atoms with Gasteiger partial charge in [0, 0.05) is 46.0 Å². The first-order valence-electron chi connectivity index (χ1n) is 7.87. The van der Waals surface area contributed by atoms with Gasteiger partial charge in [-0.25, -0.2) is 0 Å². The van der Waals surface area contributed by atoms with Gasteiger partial charge >= 0.3 is 0 Å². The van der Waals surface area contributed by atoms with Crippen LogP contribution in [0, 0.1) is 5.92 Å². The second kappa shape index (κ2) is 8.37. The van der Waals surface area contributed by atoms with E-state index in [0.29, 0.717) is 0 Å². The Hall–Kier alpha value is -1.10. The Kier molecular flexibility index (Phi) is 6.49. The summed E-state index contributed by atoms with van der Waals surface area (Å²) in [7, 11) is 6.14. The van der Waals surface area contributed by atoms with Crippen LogP contribution in [0.5, 0.6) is 0 Å². The summed E-state index contributed by atoms with van der Waals surface area (Å²) in [4.78, 5) is 4.80. The second-order valence-electron chi connectivity index (χ2n) is 6.13. The molecule has 118 valence electrons. The molecule has 0 radical (unpaired) electrons. The number of rotatable bonds is 8. The molecule has 1 N–H and O–H groups in total. The average molecular weight is 291 g/mol. The van der Waals surface area contributed by atoms with E-state index in [0.717, 1.165) is 32.2 Å². The molecule has 1 heterocycles. The van der Waals surface area contributed by atoms with Crippen molar-refractivity contribution in [1.82, 2.24) is 10.2 Å². The van der Waals surface area contributed by atoms with Gasteiger partial charge in [-0.05, 0) is 43.6 Å². The minimum Gasteiger partial charge on any atom is -0.383 e. The van der Waals surface area contributed by atoms with E-state index in [-0.39, 0.29) is 0 Å². The molecule has 0 aliphatic carbocycles. The van der Waals surface area contributed by atoms with Crippen molar-refractivity contribution in [3.8, 4) is 0 Å². The highest BCUT2D eigenvalue weighted by atomic mass is 16.5. The molecule has 0 aromatic heterocycles. The van der Waals surface area contributed by atoms with Gasteiger partial charge in [0.15, 0.2) is 0 Å². The minimum absolute atomic E-state index is 0.761. The number of benzene rings is 1. The maximum atomic E-state index is 5.03. The number of anilines is 1. The van der Waals surface area contributed by atoms with Crippen molar-refractivity contribution >= 4 is 5.69 Å². The molecule has 0 amide bonds. The van der Waals surface area contributed by atoms with Crippen molar-refractivity contribution in [3.63, 3.8) is 0 Å². The van der Waals surface area contributed by atoms with Crippen molar-refractivity contribution in [3.05, 3.63) is 29.8 Å². The van der Waals surface area contributed by atoms with E-state index in [1.54, 1.807) is 7.11 Å². The number of nitrogens with one attached hydrogen (secondary N) is 1. The summed E-state index contributed by atoms with van der Waals surface area (Å²) in [6.07, 6.45) is 1.32. The predicted molar refractivity (Wildman–Crippen MR) is 88.9 cm³/mol. The molecule has 1 atom stereocenters. The number of hydrogen-bond acceptors (Lipinski definition) is 4. The molecule has 4 nitrogen and oxygen atoms in total. The first kappa shape index (κ1) is 16.3. The third-order valence-electron chi connectivity index (χ3n) is 4.21. The van der Waals surface area contributed by atoms with E-state index in [9.17, 15) is 0 Å². The summed E-state index contributed by atoms with van der Waals surface area (Å²) in [6, 6.07) is 8.89. The van der Waals surface area contributed by atoms with Crippen molar-refractivity contribution < 1.29 is 4.74 Å². The van der Waals surface area contributed by atoms with E-state index in [1.165, 1.54) is 30.8 Å². The van der Waals surface area contributed by atoms with Gasteiger partial charge in [-0.2, -0.15) is 0 Å². The zero-order valence-electron chi connectivity index (χ0n) is 13.6. The van der Waals surface area contributed by atoms with Gasteiger partial charge in [-0.1, -0.05) is 12.1 Å². The molecule has 1 fully saturated rings. The van der Waals surface area contributed by atoms with Crippen LogP contribution in [0.25, 0.3) is 0 Å². The molecular weight excluding hydrogens is 262 g/mol. The summed E-state index contributed by atoms with van der Waals surface area (Å²) in [5, 5.41) is 3.37.